The van der Waals surface area contributed by atoms with E-state index in [1.54, 1.807) is 35.2 Å². The zero-order chi connectivity index (χ0) is 20.2. The van der Waals surface area contributed by atoms with E-state index in [1.165, 1.54) is 6.39 Å². The number of carbonyl (C=O) groups is 2. The number of anilines is 1. The van der Waals surface area contributed by atoms with Gasteiger partial charge in [-0.05, 0) is 34.1 Å². The zero-order valence-electron chi connectivity index (χ0n) is 15.4. The van der Waals surface area contributed by atoms with Crippen molar-refractivity contribution in [1.29, 1.82) is 0 Å². The molecular weight excluding hydrogens is 438 g/mol. The first kappa shape index (κ1) is 19.4. The topological polar surface area (TPSA) is 84.7 Å². The summed E-state index contributed by atoms with van der Waals surface area (Å²) >= 11 is 3.41. The molecule has 1 N–H and O–H groups in total. The Kier molecular flexibility index (Phi) is 5.73. The molecule has 0 radical (unpaired) electrons. The lowest BCUT2D eigenvalue weighted by atomic mass is 10.0. The number of oxazole rings is 1. The number of morpholine rings is 1. The third-order valence-electron chi connectivity index (χ3n) is 4.60. The van der Waals surface area contributed by atoms with Gasteiger partial charge in [-0.3, -0.25) is 9.59 Å². The second kappa shape index (κ2) is 8.59. The Balaban J connectivity index is 1.65. The Morgan fingerprint density at radius 1 is 1.03 bits per heavy atom. The Hall–Kier alpha value is -2.97. The van der Waals surface area contributed by atoms with Crippen LogP contribution in [-0.4, -0.2) is 48.0 Å². The third-order valence-corrected chi connectivity index (χ3v) is 5.30. The molecule has 8 heteroatoms. The minimum Gasteiger partial charge on any atom is -0.443 e. The predicted molar refractivity (Wildman–Crippen MR) is 111 cm³/mol. The van der Waals surface area contributed by atoms with Gasteiger partial charge in [-0.25, -0.2) is 4.98 Å². The summed E-state index contributed by atoms with van der Waals surface area (Å²) < 4.78 is 11.6. The largest absolute Gasteiger partial charge is 0.443 e. The fourth-order valence-electron chi connectivity index (χ4n) is 3.15. The van der Waals surface area contributed by atoms with Crippen LogP contribution in [0.15, 0.2) is 63.8 Å². The molecule has 1 saturated heterocycles. The van der Waals surface area contributed by atoms with Crippen molar-refractivity contribution in [2.45, 2.75) is 0 Å². The maximum atomic E-state index is 13.0. The second-order valence-electron chi connectivity index (χ2n) is 6.41. The first-order valence-corrected chi connectivity index (χ1v) is 9.90. The number of halogens is 1. The van der Waals surface area contributed by atoms with E-state index in [9.17, 15) is 9.59 Å². The molecule has 0 aliphatic carbocycles. The highest BCUT2D eigenvalue weighted by Gasteiger charge is 2.26. The van der Waals surface area contributed by atoms with E-state index in [0.717, 1.165) is 4.47 Å². The van der Waals surface area contributed by atoms with Gasteiger partial charge < -0.3 is 19.4 Å². The fraction of sp³-hybridized carbons (Fsp3) is 0.190. The first-order chi connectivity index (χ1) is 14.1. The lowest BCUT2D eigenvalue weighted by Gasteiger charge is -2.27. The summed E-state index contributed by atoms with van der Waals surface area (Å²) in [7, 11) is 0. The van der Waals surface area contributed by atoms with Crippen LogP contribution in [0.25, 0.3) is 11.3 Å². The van der Waals surface area contributed by atoms with E-state index in [4.69, 9.17) is 9.15 Å². The Labute approximate surface area is 175 Å². The van der Waals surface area contributed by atoms with Crippen LogP contribution >= 0.6 is 15.9 Å². The number of nitrogens with zero attached hydrogens (tertiary/aromatic N) is 2. The fourth-order valence-corrected chi connectivity index (χ4v) is 3.53. The molecule has 2 amide bonds. The molecule has 2 heterocycles. The summed E-state index contributed by atoms with van der Waals surface area (Å²) in [4.78, 5) is 31.7. The molecule has 0 unspecified atom stereocenters. The van der Waals surface area contributed by atoms with Gasteiger partial charge in [0.1, 0.15) is 0 Å². The van der Waals surface area contributed by atoms with Crippen molar-refractivity contribution in [3.05, 3.63) is 70.7 Å². The van der Waals surface area contributed by atoms with Crippen LogP contribution in [0.5, 0.6) is 0 Å². The van der Waals surface area contributed by atoms with Crippen LogP contribution in [0.4, 0.5) is 5.69 Å². The number of aromatic nitrogens is 1. The molecule has 0 spiro atoms. The normalized spacial score (nSPS) is 13.9. The minimum atomic E-state index is -0.422. The third kappa shape index (κ3) is 4.08. The first-order valence-electron chi connectivity index (χ1n) is 9.11. The van der Waals surface area contributed by atoms with Gasteiger partial charge in [0.05, 0.1) is 24.5 Å². The number of hydrogen-bond donors (Lipinski definition) is 1. The number of amides is 2. The van der Waals surface area contributed by atoms with E-state index in [2.05, 4.69) is 26.2 Å². The van der Waals surface area contributed by atoms with Crippen LogP contribution in [0, 0.1) is 0 Å². The standard InChI is InChI=1S/C21H18BrN3O4/c22-16-7-3-4-8-17(16)24-20(26)18-19(29-13-23-18)14-5-1-2-6-15(14)21(27)25-9-11-28-12-10-25/h1-8,13H,9-12H2,(H,24,26). The minimum absolute atomic E-state index is 0.114. The van der Waals surface area contributed by atoms with Crippen molar-refractivity contribution in [3.63, 3.8) is 0 Å². The van der Waals surface area contributed by atoms with Crippen LogP contribution in [0.2, 0.25) is 0 Å². The zero-order valence-corrected chi connectivity index (χ0v) is 17.0. The van der Waals surface area contributed by atoms with Gasteiger partial charge >= 0.3 is 0 Å². The molecule has 4 rings (SSSR count). The summed E-state index contributed by atoms with van der Waals surface area (Å²) in [6.45, 7) is 2.07. The van der Waals surface area contributed by atoms with E-state index in [0.29, 0.717) is 43.1 Å². The van der Waals surface area contributed by atoms with Gasteiger partial charge in [-0.1, -0.05) is 30.3 Å². The van der Waals surface area contributed by atoms with E-state index in [1.807, 2.05) is 18.2 Å². The van der Waals surface area contributed by atoms with Crippen LogP contribution in [0.1, 0.15) is 20.8 Å². The van der Waals surface area contributed by atoms with Gasteiger partial charge in [-0.2, -0.15) is 0 Å². The maximum absolute atomic E-state index is 13.0. The summed E-state index contributed by atoms with van der Waals surface area (Å²) in [5, 5.41) is 2.81. The van der Waals surface area contributed by atoms with Gasteiger partial charge in [0.15, 0.2) is 17.8 Å². The van der Waals surface area contributed by atoms with Gasteiger partial charge in [0.2, 0.25) is 0 Å². The molecule has 0 bridgehead atoms. The molecule has 1 aliphatic rings. The average Bonchev–Trinajstić information content (AvgIpc) is 3.25. The number of hydrogen-bond acceptors (Lipinski definition) is 5. The van der Waals surface area contributed by atoms with Crippen LogP contribution in [0.3, 0.4) is 0 Å². The maximum Gasteiger partial charge on any atom is 0.278 e. The monoisotopic (exact) mass is 455 g/mol. The molecule has 1 aromatic heterocycles. The van der Waals surface area contributed by atoms with Crippen molar-refractivity contribution in [1.82, 2.24) is 9.88 Å². The number of benzene rings is 2. The van der Waals surface area contributed by atoms with E-state index < -0.39 is 5.91 Å². The van der Waals surface area contributed by atoms with Crippen LogP contribution < -0.4 is 5.32 Å². The molecular formula is C21H18BrN3O4. The SMILES string of the molecule is O=C(Nc1ccccc1Br)c1ncoc1-c1ccccc1C(=O)N1CCOCC1. The van der Waals surface area contributed by atoms with Crippen molar-refractivity contribution in [2.75, 3.05) is 31.6 Å². The van der Waals surface area contributed by atoms with Gasteiger partial charge in [0.25, 0.3) is 11.8 Å². The number of ether oxygens (including phenoxy) is 1. The number of carbonyl (C=O) groups excluding carboxylic acids is 2. The molecule has 0 atom stereocenters. The smallest absolute Gasteiger partial charge is 0.278 e. The molecule has 3 aromatic rings. The van der Waals surface area contributed by atoms with Gasteiger partial charge in [-0.15, -0.1) is 0 Å². The number of rotatable bonds is 4. The molecule has 2 aromatic carbocycles. The highest BCUT2D eigenvalue weighted by Crippen LogP contribution is 2.29. The molecule has 148 valence electrons. The predicted octanol–water partition coefficient (Wildman–Crippen LogP) is 3.83. The van der Waals surface area contributed by atoms with Crippen molar-refractivity contribution < 1.29 is 18.7 Å². The van der Waals surface area contributed by atoms with E-state index in [-0.39, 0.29) is 17.4 Å². The number of para-hydroxylation sites is 1. The Morgan fingerprint density at radius 3 is 2.55 bits per heavy atom. The summed E-state index contributed by atoms with van der Waals surface area (Å²) in [5.41, 5.74) is 1.71. The van der Waals surface area contributed by atoms with Crippen molar-refractivity contribution in [2.24, 2.45) is 0 Å². The van der Waals surface area contributed by atoms with Crippen LogP contribution in [-0.2, 0) is 4.74 Å². The summed E-state index contributed by atoms with van der Waals surface area (Å²) in [5.74, 6) is -0.293. The summed E-state index contributed by atoms with van der Waals surface area (Å²) in [6.07, 6.45) is 1.21. The highest BCUT2D eigenvalue weighted by molar-refractivity contribution is 9.10. The Bertz CT molecular complexity index is 1040. The lowest BCUT2D eigenvalue weighted by molar-refractivity contribution is 0.0303. The molecule has 1 fully saturated rings. The van der Waals surface area contributed by atoms with Crippen molar-refractivity contribution in [3.8, 4) is 11.3 Å². The molecule has 29 heavy (non-hydrogen) atoms. The number of nitrogens with one attached hydrogen (secondary N) is 1. The molecule has 1 aliphatic heterocycles. The highest BCUT2D eigenvalue weighted by atomic mass is 79.9. The lowest BCUT2D eigenvalue weighted by Crippen LogP contribution is -2.40. The molecule has 0 saturated carbocycles. The molecule has 7 nitrogen and oxygen atoms in total. The van der Waals surface area contributed by atoms with Gasteiger partial charge in [0, 0.05) is 23.1 Å². The van der Waals surface area contributed by atoms with Crippen molar-refractivity contribution >= 4 is 33.4 Å². The average molecular weight is 456 g/mol. The quantitative estimate of drug-likeness (QED) is 0.645. The van der Waals surface area contributed by atoms with E-state index >= 15 is 0 Å². The summed E-state index contributed by atoms with van der Waals surface area (Å²) in [6, 6.07) is 14.3. The second-order valence-corrected chi connectivity index (χ2v) is 7.27. The Morgan fingerprint density at radius 2 is 1.76 bits per heavy atom.